The molecule has 3 heterocycles. The molecule has 0 spiro atoms. The molecule has 0 N–H and O–H groups in total. The van der Waals surface area contributed by atoms with E-state index in [4.69, 9.17) is 4.74 Å². The van der Waals surface area contributed by atoms with E-state index in [2.05, 4.69) is 25.7 Å². The van der Waals surface area contributed by atoms with Gasteiger partial charge in [-0.05, 0) is 33.2 Å². The van der Waals surface area contributed by atoms with Crippen molar-refractivity contribution in [3.8, 4) is 0 Å². The maximum Gasteiger partial charge on any atom is 0.258 e. The molecule has 106 valence electrons. The molecule has 0 saturated carbocycles. The van der Waals surface area contributed by atoms with E-state index in [9.17, 15) is 9.59 Å². The number of rotatable bonds is 0. The van der Waals surface area contributed by atoms with Gasteiger partial charge in [-0.15, -0.1) is 0 Å². The molecular formula is C14H22N2O3. The van der Waals surface area contributed by atoms with Crippen molar-refractivity contribution in [3.05, 3.63) is 0 Å². The molecule has 0 aromatic rings. The first-order valence-electron chi connectivity index (χ1n) is 6.99. The van der Waals surface area contributed by atoms with Crippen molar-refractivity contribution in [1.82, 2.24) is 9.80 Å². The molecule has 0 aromatic heterocycles. The second kappa shape index (κ2) is 3.79. The number of carbonyl (C=O) groups is 2. The quantitative estimate of drug-likeness (QED) is 0.599. The lowest BCUT2D eigenvalue weighted by atomic mass is 9.74. The van der Waals surface area contributed by atoms with Crippen LogP contribution < -0.4 is 0 Å². The highest BCUT2D eigenvalue weighted by atomic mass is 16.5. The Hall–Kier alpha value is -0.940. The molecule has 3 aliphatic rings. The van der Waals surface area contributed by atoms with E-state index >= 15 is 0 Å². The fourth-order valence-electron chi connectivity index (χ4n) is 4.29. The van der Waals surface area contributed by atoms with Crippen LogP contribution in [0, 0.1) is 11.8 Å². The highest BCUT2D eigenvalue weighted by Gasteiger charge is 2.65. The standard InChI is InChI=1S/C14H22N2O3/c1-7-6-14(3)11(15(4)8(7)2)9-10(19-14)13(18)16(5)12(9)17/h7-11H,6H2,1-5H3. The van der Waals surface area contributed by atoms with E-state index in [1.165, 1.54) is 4.90 Å². The number of imide groups is 1. The van der Waals surface area contributed by atoms with Crippen LogP contribution in [0.5, 0.6) is 0 Å². The van der Waals surface area contributed by atoms with E-state index in [0.29, 0.717) is 12.0 Å². The zero-order valence-electron chi connectivity index (χ0n) is 12.2. The van der Waals surface area contributed by atoms with Crippen LogP contribution in [-0.4, -0.2) is 59.5 Å². The summed E-state index contributed by atoms with van der Waals surface area (Å²) in [4.78, 5) is 27.9. The maximum absolute atomic E-state index is 12.3. The summed E-state index contributed by atoms with van der Waals surface area (Å²) in [6.45, 7) is 6.44. The molecule has 0 aliphatic carbocycles. The Balaban J connectivity index is 2.02. The summed E-state index contributed by atoms with van der Waals surface area (Å²) in [5, 5.41) is 0. The normalized spacial score (nSPS) is 50.6. The molecule has 0 aromatic carbocycles. The molecule has 0 bridgehead atoms. The van der Waals surface area contributed by atoms with Crippen molar-refractivity contribution in [1.29, 1.82) is 0 Å². The van der Waals surface area contributed by atoms with Crippen LogP contribution in [0.25, 0.3) is 0 Å². The topological polar surface area (TPSA) is 49.9 Å². The van der Waals surface area contributed by atoms with Crippen LogP contribution in [0.2, 0.25) is 0 Å². The van der Waals surface area contributed by atoms with Crippen LogP contribution in [-0.2, 0) is 14.3 Å². The highest BCUT2D eigenvalue weighted by molar-refractivity contribution is 6.07. The van der Waals surface area contributed by atoms with Gasteiger partial charge in [0.1, 0.15) is 0 Å². The van der Waals surface area contributed by atoms with Crippen molar-refractivity contribution in [2.24, 2.45) is 11.8 Å². The molecule has 6 atom stereocenters. The van der Waals surface area contributed by atoms with Crippen LogP contribution >= 0.6 is 0 Å². The summed E-state index contributed by atoms with van der Waals surface area (Å²) in [6.07, 6.45) is 0.327. The average molecular weight is 266 g/mol. The zero-order valence-corrected chi connectivity index (χ0v) is 12.2. The third kappa shape index (κ3) is 1.48. The summed E-state index contributed by atoms with van der Waals surface area (Å²) in [5.74, 6) is -0.105. The summed E-state index contributed by atoms with van der Waals surface area (Å²) in [6, 6.07) is 0.402. The number of nitrogens with zero attached hydrogens (tertiary/aromatic N) is 2. The second-order valence-corrected chi connectivity index (χ2v) is 6.64. The number of likely N-dealkylation sites (N-methyl/N-ethyl adjacent to an activating group) is 2. The monoisotopic (exact) mass is 266 g/mol. The summed E-state index contributed by atoms with van der Waals surface area (Å²) in [5.41, 5.74) is -0.386. The fraction of sp³-hybridized carbons (Fsp3) is 0.857. The van der Waals surface area contributed by atoms with Crippen LogP contribution in [0.3, 0.4) is 0 Å². The van der Waals surface area contributed by atoms with Crippen LogP contribution in [0.1, 0.15) is 27.2 Å². The van der Waals surface area contributed by atoms with E-state index < -0.39 is 6.10 Å². The Morgan fingerprint density at radius 1 is 1.21 bits per heavy atom. The third-order valence-corrected chi connectivity index (χ3v) is 5.51. The molecule has 3 saturated heterocycles. The SMILES string of the molecule is CC1CC2(C)OC3C(=O)N(C)C(=O)C3C2N(C)C1C. The van der Waals surface area contributed by atoms with Gasteiger partial charge in [0, 0.05) is 13.1 Å². The molecule has 5 nitrogen and oxygen atoms in total. The van der Waals surface area contributed by atoms with E-state index in [-0.39, 0.29) is 29.4 Å². The molecule has 3 fully saturated rings. The number of likely N-dealkylation sites (tertiary alicyclic amines) is 2. The Morgan fingerprint density at radius 3 is 2.47 bits per heavy atom. The lowest BCUT2D eigenvalue weighted by Gasteiger charge is -2.49. The molecule has 2 amide bonds. The Kier molecular flexibility index (Phi) is 2.61. The number of carbonyl (C=O) groups excluding carboxylic acids is 2. The van der Waals surface area contributed by atoms with Crippen molar-refractivity contribution < 1.29 is 14.3 Å². The molecule has 5 heteroatoms. The first kappa shape index (κ1) is 13.1. The van der Waals surface area contributed by atoms with Crippen molar-refractivity contribution in [3.63, 3.8) is 0 Å². The van der Waals surface area contributed by atoms with Gasteiger partial charge in [0.25, 0.3) is 5.91 Å². The van der Waals surface area contributed by atoms with Crippen molar-refractivity contribution in [2.45, 2.75) is 51.0 Å². The number of piperidine rings is 1. The van der Waals surface area contributed by atoms with Gasteiger partial charge < -0.3 is 4.74 Å². The maximum atomic E-state index is 12.3. The zero-order chi connectivity index (χ0) is 14.1. The lowest BCUT2D eigenvalue weighted by Crippen LogP contribution is -2.60. The predicted octanol–water partition coefficient (Wildman–Crippen LogP) is 0.487. The predicted molar refractivity (Wildman–Crippen MR) is 69.3 cm³/mol. The molecule has 19 heavy (non-hydrogen) atoms. The van der Waals surface area contributed by atoms with Gasteiger partial charge in [0.15, 0.2) is 6.10 Å². The molecule has 6 unspecified atom stereocenters. The van der Waals surface area contributed by atoms with Gasteiger partial charge in [-0.3, -0.25) is 19.4 Å². The number of hydrogen-bond acceptors (Lipinski definition) is 4. The largest absolute Gasteiger partial charge is 0.360 e. The Labute approximate surface area is 113 Å². The number of amides is 2. The van der Waals surface area contributed by atoms with Crippen molar-refractivity contribution >= 4 is 11.8 Å². The van der Waals surface area contributed by atoms with E-state index in [0.717, 1.165) is 6.42 Å². The van der Waals surface area contributed by atoms with E-state index in [1.807, 2.05) is 7.05 Å². The van der Waals surface area contributed by atoms with Gasteiger partial charge in [0.05, 0.1) is 17.6 Å². The molecule has 3 rings (SSSR count). The van der Waals surface area contributed by atoms with Gasteiger partial charge in [-0.2, -0.15) is 0 Å². The molecule has 0 radical (unpaired) electrons. The minimum Gasteiger partial charge on any atom is -0.360 e. The second-order valence-electron chi connectivity index (χ2n) is 6.64. The Bertz CT molecular complexity index is 452. The van der Waals surface area contributed by atoms with Gasteiger partial charge in [0.2, 0.25) is 5.91 Å². The number of ether oxygens (including phenoxy) is 1. The Morgan fingerprint density at radius 2 is 1.84 bits per heavy atom. The number of fused-ring (bicyclic) bond motifs is 3. The minimum absolute atomic E-state index is 0.00472. The first-order valence-corrected chi connectivity index (χ1v) is 6.99. The first-order chi connectivity index (χ1) is 8.78. The molecular weight excluding hydrogens is 244 g/mol. The van der Waals surface area contributed by atoms with E-state index in [1.54, 1.807) is 7.05 Å². The minimum atomic E-state index is -0.576. The summed E-state index contributed by atoms with van der Waals surface area (Å²) in [7, 11) is 3.60. The van der Waals surface area contributed by atoms with Gasteiger partial charge in [-0.25, -0.2) is 0 Å². The van der Waals surface area contributed by atoms with Gasteiger partial charge in [-0.1, -0.05) is 6.92 Å². The number of hydrogen-bond donors (Lipinski definition) is 0. The highest BCUT2D eigenvalue weighted by Crippen LogP contribution is 2.49. The van der Waals surface area contributed by atoms with Crippen molar-refractivity contribution in [2.75, 3.05) is 14.1 Å². The van der Waals surface area contributed by atoms with Gasteiger partial charge >= 0.3 is 0 Å². The molecule has 3 aliphatic heterocycles. The summed E-state index contributed by atoms with van der Waals surface area (Å²) < 4.78 is 6.07. The average Bonchev–Trinajstić information content (AvgIpc) is 2.75. The smallest absolute Gasteiger partial charge is 0.258 e. The van der Waals surface area contributed by atoms with Crippen LogP contribution in [0.15, 0.2) is 0 Å². The third-order valence-electron chi connectivity index (χ3n) is 5.51. The fourth-order valence-corrected chi connectivity index (χ4v) is 4.29. The summed E-state index contributed by atoms with van der Waals surface area (Å²) >= 11 is 0. The lowest BCUT2D eigenvalue weighted by molar-refractivity contribution is -0.153. The van der Waals surface area contributed by atoms with Crippen LogP contribution in [0.4, 0.5) is 0 Å².